The molecule has 1 aromatic carbocycles. The van der Waals surface area contributed by atoms with E-state index in [1.807, 2.05) is 12.1 Å². The molecule has 108 valence electrons. The van der Waals surface area contributed by atoms with Crippen LogP contribution in [-0.2, 0) is 6.42 Å². The summed E-state index contributed by atoms with van der Waals surface area (Å²) in [6.45, 7) is 6.24. The maximum Gasteiger partial charge on any atom is 0.148 e. The number of piperazine rings is 1. The van der Waals surface area contributed by atoms with Crippen LogP contribution in [-0.4, -0.2) is 56.2 Å². The summed E-state index contributed by atoms with van der Waals surface area (Å²) < 4.78 is 5.59. The summed E-state index contributed by atoms with van der Waals surface area (Å²) in [5.41, 5.74) is 1.26. The Morgan fingerprint density at radius 1 is 1.20 bits per heavy atom. The van der Waals surface area contributed by atoms with Crippen LogP contribution in [0.1, 0.15) is 12.0 Å². The lowest BCUT2D eigenvalue weighted by molar-refractivity contribution is 0.153. The van der Waals surface area contributed by atoms with Gasteiger partial charge in [0.15, 0.2) is 0 Å². The predicted octanol–water partition coefficient (Wildman–Crippen LogP) is 1.88. The minimum absolute atomic E-state index is 0.343. The largest absolute Gasteiger partial charge is 0.481 e. The third-order valence-corrected chi connectivity index (χ3v) is 3.80. The minimum Gasteiger partial charge on any atom is -0.481 e. The molecule has 1 aromatic rings. The maximum absolute atomic E-state index is 5.59. The fourth-order valence-electron chi connectivity index (χ4n) is 2.54. The van der Waals surface area contributed by atoms with Gasteiger partial charge in [0.1, 0.15) is 12.4 Å². The van der Waals surface area contributed by atoms with Gasteiger partial charge < -0.3 is 14.5 Å². The molecule has 0 aromatic heterocycles. The first-order valence-corrected chi connectivity index (χ1v) is 7.34. The first-order chi connectivity index (χ1) is 9.79. The molecule has 3 nitrogen and oxygen atoms in total. The van der Waals surface area contributed by atoms with Crippen molar-refractivity contribution in [2.75, 3.05) is 46.4 Å². The number of rotatable bonds is 6. The van der Waals surface area contributed by atoms with Crippen LogP contribution in [0.3, 0.4) is 0 Å². The molecule has 1 aliphatic rings. The van der Waals surface area contributed by atoms with Crippen LogP contribution in [0.4, 0.5) is 0 Å². The van der Waals surface area contributed by atoms with E-state index in [0.29, 0.717) is 6.61 Å². The van der Waals surface area contributed by atoms with Crippen molar-refractivity contribution in [1.29, 1.82) is 0 Å². The third kappa shape index (κ3) is 4.56. The van der Waals surface area contributed by atoms with Crippen LogP contribution in [0.15, 0.2) is 24.3 Å². The molecule has 1 aliphatic heterocycles. The van der Waals surface area contributed by atoms with Crippen LogP contribution >= 0.6 is 0 Å². The van der Waals surface area contributed by atoms with Gasteiger partial charge in [-0.1, -0.05) is 24.1 Å². The quantitative estimate of drug-likeness (QED) is 0.735. The summed E-state index contributed by atoms with van der Waals surface area (Å²) in [5, 5.41) is 0. The highest BCUT2D eigenvalue weighted by Gasteiger charge is 2.13. The lowest BCUT2D eigenvalue weighted by Crippen LogP contribution is -2.44. The molecule has 1 heterocycles. The number of nitrogens with zero attached hydrogens (tertiary/aromatic N) is 2. The number of benzene rings is 1. The van der Waals surface area contributed by atoms with Crippen LogP contribution in [0.2, 0.25) is 0 Å². The fourth-order valence-corrected chi connectivity index (χ4v) is 2.54. The van der Waals surface area contributed by atoms with Gasteiger partial charge in [0.2, 0.25) is 0 Å². The predicted molar refractivity (Wildman–Crippen MR) is 83.0 cm³/mol. The molecule has 1 fully saturated rings. The molecule has 0 bridgehead atoms. The highest BCUT2D eigenvalue weighted by atomic mass is 16.5. The Labute approximate surface area is 122 Å². The molecule has 0 radical (unpaired) electrons. The zero-order valence-electron chi connectivity index (χ0n) is 12.3. The molecule has 20 heavy (non-hydrogen) atoms. The van der Waals surface area contributed by atoms with Crippen molar-refractivity contribution in [2.45, 2.75) is 12.8 Å². The topological polar surface area (TPSA) is 15.7 Å². The second-order valence-electron chi connectivity index (χ2n) is 5.35. The van der Waals surface area contributed by atoms with E-state index in [9.17, 15) is 0 Å². The van der Waals surface area contributed by atoms with Crippen molar-refractivity contribution in [3.8, 4) is 18.1 Å². The summed E-state index contributed by atoms with van der Waals surface area (Å²) in [5.74, 6) is 3.45. The van der Waals surface area contributed by atoms with Crippen LogP contribution < -0.4 is 4.74 Å². The minimum atomic E-state index is 0.343. The molecule has 0 N–H and O–H groups in total. The Hall–Kier alpha value is -1.50. The van der Waals surface area contributed by atoms with Crippen LogP contribution in [0.5, 0.6) is 5.75 Å². The summed E-state index contributed by atoms with van der Waals surface area (Å²) in [4.78, 5) is 4.93. The second kappa shape index (κ2) is 7.94. The van der Waals surface area contributed by atoms with Crippen LogP contribution in [0.25, 0.3) is 0 Å². The molecule has 0 amide bonds. The van der Waals surface area contributed by atoms with E-state index in [-0.39, 0.29) is 0 Å². The molecule has 0 spiro atoms. The molecule has 3 heteroatoms. The second-order valence-corrected chi connectivity index (χ2v) is 5.35. The number of hydrogen-bond acceptors (Lipinski definition) is 3. The molecule has 2 rings (SSSR count). The fraction of sp³-hybridized carbons (Fsp3) is 0.529. The van der Waals surface area contributed by atoms with Gasteiger partial charge in [-0.2, -0.15) is 0 Å². The van der Waals surface area contributed by atoms with Gasteiger partial charge in [-0.25, -0.2) is 0 Å². The van der Waals surface area contributed by atoms with Gasteiger partial charge in [0.25, 0.3) is 0 Å². The third-order valence-electron chi connectivity index (χ3n) is 3.80. The van der Waals surface area contributed by atoms with E-state index in [1.54, 1.807) is 0 Å². The molecule has 0 aliphatic carbocycles. The monoisotopic (exact) mass is 272 g/mol. The van der Waals surface area contributed by atoms with E-state index >= 15 is 0 Å². The van der Waals surface area contributed by atoms with E-state index in [4.69, 9.17) is 11.2 Å². The Balaban J connectivity index is 1.77. The van der Waals surface area contributed by atoms with Crippen molar-refractivity contribution in [3.05, 3.63) is 29.8 Å². The lowest BCUT2D eigenvalue weighted by Gasteiger charge is -2.32. The lowest BCUT2D eigenvalue weighted by atomic mass is 10.1. The number of hydrogen-bond donors (Lipinski definition) is 0. The van der Waals surface area contributed by atoms with Gasteiger partial charge in [0.05, 0.1) is 0 Å². The summed E-state index contributed by atoms with van der Waals surface area (Å²) in [7, 11) is 2.19. The first kappa shape index (κ1) is 14.9. The van der Waals surface area contributed by atoms with Crippen molar-refractivity contribution in [3.63, 3.8) is 0 Å². The number of likely N-dealkylation sites (N-methyl/N-ethyl adjacent to an activating group) is 1. The highest BCUT2D eigenvalue weighted by molar-refractivity contribution is 5.33. The van der Waals surface area contributed by atoms with Gasteiger partial charge >= 0.3 is 0 Å². The zero-order chi connectivity index (χ0) is 14.2. The Bertz CT molecular complexity index is 445. The van der Waals surface area contributed by atoms with E-state index in [1.165, 1.54) is 38.2 Å². The molecule has 0 atom stereocenters. The molecular weight excluding hydrogens is 248 g/mol. The number of terminal acetylenes is 1. The average molecular weight is 272 g/mol. The normalized spacial score (nSPS) is 16.8. The van der Waals surface area contributed by atoms with Crippen molar-refractivity contribution < 1.29 is 4.74 Å². The number of para-hydroxylation sites is 1. The Kier molecular flexibility index (Phi) is 5.91. The average Bonchev–Trinajstić information content (AvgIpc) is 2.48. The molecule has 1 saturated heterocycles. The van der Waals surface area contributed by atoms with Gasteiger partial charge in [-0.05, 0) is 38.1 Å². The molecule has 0 saturated carbocycles. The van der Waals surface area contributed by atoms with Crippen molar-refractivity contribution in [1.82, 2.24) is 9.80 Å². The van der Waals surface area contributed by atoms with E-state index in [0.717, 1.165) is 18.7 Å². The maximum atomic E-state index is 5.59. The Morgan fingerprint density at radius 2 is 1.95 bits per heavy atom. The Morgan fingerprint density at radius 3 is 2.70 bits per heavy atom. The first-order valence-electron chi connectivity index (χ1n) is 7.34. The molecule has 0 unspecified atom stereocenters. The van der Waals surface area contributed by atoms with Crippen LogP contribution in [0, 0.1) is 12.3 Å². The number of aryl methyl sites for hydroxylation is 1. The highest BCUT2D eigenvalue weighted by Crippen LogP contribution is 2.19. The smallest absolute Gasteiger partial charge is 0.148 e. The van der Waals surface area contributed by atoms with E-state index < -0.39 is 0 Å². The van der Waals surface area contributed by atoms with Gasteiger partial charge in [0, 0.05) is 26.2 Å². The summed E-state index contributed by atoms with van der Waals surface area (Å²) in [6.07, 6.45) is 7.47. The SMILES string of the molecule is C#CCOc1ccccc1CCCN1CCN(C)CC1. The van der Waals surface area contributed by atoms with Gasteiger partial charge in [-0.3, -0.25) is 0 Å². The van der Waals surface area contributed by atoms with Crippen molar-refractivity contribution in [2.24, 2.45) is 0 Å². The summed E-state index contributed by atoms with van der Waals surface area (Å²) >= 11 is 0. The molecular formula is C17H24N2O. The van der Waals surface area contributed by atoms with Crippen molar-refractivity contribution >= 4 is 0 Å². The standard InChI is InChI=1S/C17H24N2O/c1-3-15-20-17-9-5-4-7-16(17)8-6-10-19-13-11-18(2)12-14-19/h1,4-5,7,9H,6,8,10-15H2,2H3. The van der Waals surface area contributed by atoms with E-state index in [2.05, 4.69) is 34.9 Å². The van der Waals surface area contributed by atoms with Gasteiger partial charge in [-0.15, -0.1) is 6.42 Å². The summed E-state index contributed by atoms with van der Waals surface area (Å²) in [6, 6.07) is 8.20. The zero-order valence-corrected chi connectivity index (χ0v) is 12.3. The number of ether oxygens (including phenoxy) is 1.